The highest BCUT2D eigenvalue weighted by atomic mass is 32.2. The van der Waals surface area contributed by atoms with E-state index in [9.17, 15) is 19.2 Å². The van der Waals surface area contributed by atoms with Crippen LogP contribution in [-0.2, 0) is 14.4 Å². The smallest absolute Gasteiger partial charge is 0.327 e. The highest BCUT2D eigenvalue weighted by molar-refractivity contribution is 7.99. The zero-order valence-corrected chi connectivity index (χ0v) is 14.2. The molecular weight excluding hydrogens is 344 g/mol. The van der Waals surface area contributed by atoms with Gasteiger partial charge in [-0.25, -0.2) is 4.79 Å². The minimum Gasteiger partial charge on any atom is -0.327 e. The molecule has 1 aromatic rings. The van der Waals surface area contributed by atoms with Crippen LogP contribution in [0.15, 0.2) is 24.3 Å². The van der Waals surface area contributed by atoms with Crippen LogP contribution < -0.4 is 0 Å². The summed E-state index contributed by atoms with van der Waals surface area (Å²) in [6.45, 7) is 0. The maximum absolute atomic E-state index is 12.5. The number of fused-ring (bicyclic) bond motifs is 1. The summed E-state index contributed by atoms with van der Waals surface area (Å²) in [4.78, 5) is 56.1. The number of hydroxylamine groups is 2. The first kappa shape index (κ1) is 16.1. The third-order valence-electron chi connectivity index (χ3n) is 4.83. The number of carbonyl (C=O) groups excluding carboxylic acids is 4. The molecule has 3 amide bonds. The zero-order valence-electron chi connectivity index (χ0n) is 13.3. The van der Waals surface area contributed by atoms with Crippen molar-refractivity contribution in [3.05, 3.63) is 35.4 Å². The Morgan fingerprint density at radius 1 is 1.08 bits per heavy atom. The fraction of sp³-hybridized carbons (Fsp3) is 0.412. The summed E-state index contributed by atoms with van der Waals surface area (Å²) in [6.07, 6.45) is 2.72. The predicted molar refractivity (Wildman–Crippen MR) is 88.3 cm³/mol. The maximum atomic E-state index is 12.5. The van der Waals surface area contributed by atoms with Gasteiger partial charge in [0.05, 0.1) is 17.0 Å². The molecule has 1 atom stereocenters. The Bertz CT molecular complexity index is 741. The molecule has 2 fully saturated rings. The van der Waals surface area contributed by atoms with Crippen LogP contribution in [0.4, 0.5) is 0 Å². The van der Waals surface area contributed by atoms with E-state index in [-0.39, 0.29) is 23.0 Å². The Morgan fingerprint density at radius 3 is 2.28 bits per heavy atom. The lowest BCUT2D eigenvalue weighted by atomic mass is 9.84. The molecule has 0 spiro atoms. The van der Waals surface area contributed by atoms with E-state index in [2.05, 4.69) is 0 Å². The third kappa shape index (κ3) is 2.60. The number of nitrogens with zero attached hydrogens (tertiary/aromatic N) is 2. The summed E-state index contributed by atoms with van der Waals surface area (Å²) in [7, 11) is 0. The summed E-state index contributed by atoms with van der Waals surface area (Å²) < 4.78 is 0. The highest BCUT2D eigenvalue weighted by Gasteiger charge is 2.44. The molecule has 1 unspecified atom stereocenters. The lowest BCUT2D eigenvalue weighted by Gasteiger charge is -2.31. The molecule has 3 aliphatic rings. The predicted octanol–water partition coefficient (Wildman–Crippen LogP) is 1.44. The number of hydrogen-bond acceptors (Lipinski definition) is 6. The van der Waals surface area contributed by atoms with Crippen LogP contribution in [0.5, 0.6) is 0 Å². The first-order chi connectivity index (χ1) is 12.1. The van der Waals surface area contributed by atoms with E-state index in [0.717, 1.165) is 19.3 Å². The SMILES string of the molecule is O=C(ON1C(=O)c2ccccc2C1=O)C1CSCN1C(=O)C1CCC1. The summed E-state index contributed by atoms with van der Waals surface area (Å²) in [5.41, 5.74) is 0.423. The van der Waals surface area contributed by atoms with Crippen molar-refractivity contribution in [2.75, 3.05) is 11.6 Å². The van der Waals surface area contributed by atoms with Crippen molar-refractivity contribution in [2.45, 2.75) is 25.3 Å². The quantitative estimate of drug-likeness (QED) is 0.759. The van der Waals surface area contributed by atoms with Crippen LogP contribution >= 0.6 is 11.8 Å². The highest BCUT2D eigenvalue weighted by Crippen LogP contribution is 2.33. The van der Waals surface area contributed by atoms with Crippen molar-refractivity contribution in [2.24, 2.45) is 5.92 Å². The van der Waals surface area contributed by atoms with Gasteiger partial charge in [-0.3, -0.25) is 14.4 Å². The summed E-state index contributed by atoms with van der Waals surface area (Å²) in [6, 6.07) is 5.55. The molecule has 2 heterocycles. The van der Waals surface area contributed by atoms with Gasteiger partial charge in [-0.05, 0) is 25.0 Å². The second-order valence-corrected chi connectivity index (χ2v) is 7.31. The van der Waals surface area contributed by atoms with Crippen molar-refractivity contribution in [3.63, 3.8) is 0 Å². The van der Waals surface area contributed by atoms with Crippen molar-refractivity contribution in [1.29, 1.82) is 0 Å². The van der Waals surface area contributed by atoms with E-state index in [4.69, 9.17) is 4.84 Å². The third-order valence-corrected chi connectivity index (χ3v) is 5.84. The first-order valence-corrected chi connectivity index (χ1v) is 9.31. The molecule has 0 aromatic heterocycles. The number of benzene rings is 1. The molecular formula is C17H16N2O5S. The fourth-order valence-corrected chi connectivity index (χ4v) is 4.29. The standard InChI is InChI=1S/C17H16N2O5S/c20-14(10-4-3-5-10)18-9-25-8-13(18)17(23)24-19-15(21)11-6-1-2-7-12(11)16(19)22/h1-2,6-7,10,13H,3-5,8-9H2. The monoisotopic (exact) mass is 360 g/mol. The van der Waals surface area contributed by atoms with Gasteiger partial charge in [0.1, 0.15) is 6.04 Å². The summed E-state index contributed by atoms with van der Waals surface area (Å²) in [5.74, 6) is -1.29. The lowest BCUT2D eigenvalue weighted by molar-refractivity contribution is -0.175. The van der Waals surface area contributed by atoms with E-state index in [0.29, 0.717) is 16.7 Å². The lowest BCUT2D eigenvalue weighted by Crippen LogP contribution is -2.48. The first-order valence-electron chi connectivity index (χ1n) is 8.16. The van der Waals surface area contributed by atoms with Crippen LogP contribution in [0, 0.1) is 5.92 Å². The Balaban J connectivity index is 1.48. The van der Waals surface area contributed by atoms with Crippen LogP contribution in [0.1, 0.15) is 40.0 Å². The molecule has 1 aromatic carbocycles. The minimum atomic E-state index is -0.762. The molecule has 130 valence electrons. The van der Waals surface area contributed by atoms with Crippen LogP contribution in [0.3, 0.4) is 0 Å². The van der Waals surface area contributed by atoms with Gasteiger partial charge in [0, 0.05) is 11.7 Å². The summed E-state index contributed by atoms with van der Waals surface area (Å²) >= 11 is 1.46. The molecule has 25 heavy (non-hydrogen) atoms. The number of amides is 3. The average molecular weight is 360 g/mol. The van der Waals surface area contributed by atoms with Crippen molar-refractivity contribution in [1.82, 2.24) is 9.96 Å². The van der Waals surface area contributed by atoms with Gasteiger partial charge in [0.2, 0.25) is 5.91 Å². The van der Waals surface area contributed by atoms with Gasteiger partial charge >= 0.3 is 5.97 Å². The molecule has 4 rings (SSSR count). The van der Waals surface area contributed by atoms with Gasteiger partial charge in [0.15, 0.2) is 0 Å². The molecule has 7 nitrogen and oxygen atoms in total. The topological polar surface area (TPSA) is 84.0 Å². The molecule has 0 N–H and O–H groups in total. The largest absolute Gasteiger partial charge is 0.356 e. The molecule has 1 aliphatic carbocycles. The van der Waals surface area contributed by atoms with Crippen molar-refractivity contribution in [3.8, 4) is 0 Å². The normalized spacial score (nSPS) is 22.8. The van der Waals surface area contributed by atoms with Crippen LogP contribution in [-0.4, -0.2) is 51.3 Å². The van der Waals surface area contributed by atoms with E-state index in [1.165, 1.54) is 28.8 Å². The Labute approximate surface area is 148 Å². The fourth-order valence-electron chi connectivity index (χ4n) is 3.15. The van der Waals surface area contributed by atoms with Gasteiger partial charge in [-0.1, -0.05) is 23.6 Å². The van der Waals surface area contributed by atoms with Gasteiger partial charge < -0.3 is 9.74 Å². The molecule has 2 aliphatic heterocycles. The van der Waals surface area contributed by atoms with Gasteiger partial charge in [0.25, 0.3) is 11.8 Å². The molecule has 0 radical (unpaired) electrons. The Kier molecular flexibility index (Phi) is 3.99. The number of carbonyl (C=O) groups is 4. The van der Waals surface area contributed by atoms with Crippen LogP contribution in [0.25, 0.3) is 0 Å². The number of rotatable bonds is 3. The van der Waals surface area contributed by atoms with Gasteiger partial charge in [-0.15, -0.1) is 11.8 Å². The number of hydrogen-bond donors (Lipinski definition) is 0. The second kappa shape index (κ2) is 6.18. The average Bonchev–Trinajstić information content (AvgIpc) is 3.14. The minimum absolute atomic E-state index is 0.0201. The maximum Gasteiger partial charge on any atom is 0.356 e. The Hall–Kier alpha value is -2.35. The zero-order chi connectivity index (χ0) is 17.6. The number of imide groups is 1. The second-order valence-electron chi connectivity index (χ2n) is 6.31. The van der Waals surface area contributed by atoms with Crippen molar-refractivity contribution < 1.29 is 24.0 Å². The molecule has 8 heteroatoms. The van der Waals surface area contributed by atoms with E-state index >= 15 is 0 Å². The number of thioether (sulfide) groups is 1. The molecule has 0 bridgehead atoms. The van der Waals surface area contributed by atoms with E-state index < -0.39 is 23.8 Å². The van der Waals surface area contributed by atoms with Crippen LogP contribution in [0.2, 0.25) is 0 Å². The molecule has 1 saturated heterocycles. The van der Waals surface area contributed by atoms with E-state index in [1.807, 2.05) is 0 Å². The van der Waals surface area contributed by atoms with Gasteiger partial charge in [-0.2, -0.15) is 0 Å². The Morgan fingerprint density at radius 2 is 1.72 bits per heavy atom. The molecule has 1 saturated carbocycles. The summed E-state index contributed by atoms with van der Waals surface area (Å²) in [5, 5.41) is 0.502. The van der Waals surface area contributed by atoms with E-state index in [1.54, 1.807) is 12.1 Å². The van der Waals surface area contributed by atoms with Crippen molar-refractivity contribution >= 4 is 35.5 Å².